The maximum absolute atomic E-state index is 13.4. The molecule has 0 amide bonds. The Kier molecular flexibility index (Phi) is 3.60. The molecule has 0 saturated heterocycles. The largest absolute Gasteiger partial charge is 0.508 e. The van der Waals surface area contributed by atoms with Gasteiger partial charge < -0.3 is 9.84 Å². The van der Waals surface area contributed by atoms with Gasteiger partial charge in [0.15, 0.2) is 0 Å². The highest BCUT2D eigenvalue weighted by atomic mass is 32.2. The molecular weight excluding hydrogens is 350 g/mol. The molecule has 1 heterocycles. The number of hydrogen-bond donors (Lipinski definition) is 1. The molecule has 136 valence electrons. The van der Waals surface area contributed by atoms with Crippen LogP contribution in [-0.4, -0.2) is 25.7 Å². The van der Waals surface area contributed by atoms with E-state index in [-0.39, 0.29) is 17.2 Å². The number of benzene rings is 2. The first kappa shape index (κ1) is 17.0. The lowest BCUT2D eigenvalue weighted by molar-refractivity contribution is 0.162. The van der Waals surface area contributed by atoms with Crippen LogP contribution in [-0.2, 0) is 10.0 Å². The summed E-state index contributed by atoms with van der Waals surface area (Å²) in [6.07, 6.45) is 0.820. The predicted molar refractivity (Wildman–Crippen MR) is 101 cm³/mol. The van der Waals surface area contributed by atoms with Gasteiger partial charge in [0.25, 0.3) is 10.0 Å². The summed E-state index contributed by atoms with van der Waals surface area (Å²) in [6.45, 7) is 7.72. The smallest absolute Gasteiger partial charge is 0.264 e. The van der Waals surface area contributed by atoms with Crippen LogP contribution in [0, 0.1) is 12.8 Å². The molecule has 2 aromatic rings. The quantitative estimate of drug-likeness (QED) is 0.831. The van der Waals surface area contributed by atoms with Crippen molar-refractivity contribution in [2.75, 3.05) is 10.8 Å². The highest BCUT2D eigenvalue weighted by Gasteiger charge is 2.59. The van der Waals surface area contributed by atoms with Crippen LogP contribution in [0.15, 0.2) is 53.9 Å². The van der Waals surface area contributed by atoms with E-state index >= 15 is 0 Å². The molecule has 26 heavy (non-hydrogen) atoms. The lowest BCUT2D eigenvalue weighted by Crippen LogP contribution is -2.46. The van der Waals surface area contributed by atoms with Crippen molar-refractivity contribution in [3.05, 3.63) is 60.2 Å². The van der Waals surface area contributed by atoms with Crippen molar-refractivity contribution in [3.8, 4) is 5.75 Å². The Balaban J connectivity index is 1.87. The molecule has 5 nitrogen and oxygen atoms in total. The van der Waals surface area contributed by atoms with Gasteiger partial charge in [0.1, 0.15) is 17.1 Å². The fourth-order valence-corrected chi connectivity index (χ4v) is 5.13. The normalized spacial score (nSPS) is 24.1. The van der Waals surface area contributed by atoms with E-state index in [9.17, 15) is 13.5 Å². The minimum atomic E-state index is -3.75. The van der Waals surface area contributed by atoms with Gasteiger partial charge in [-0.3, -0.25) is 4.31 Å². The zero-order valence-electron chi connectivity index (χ0n) is 14.8. The Morgan fingerprint density at radius 1 is 1.31 bits per heavy atom. The second kappa shape index (κ2) is 5.51. The average Bonchev–Trinajstić information content (AvgIpc) is 3.21. The number of hydrogen-bond acceptors (Lipinski definition) is 4. The van der Waals surface area contributed by atoms with E-state index < -0.39 is 15.6 Å². The lowest BCUT2D eigenvalue weighted by atomic mass is 10.1. The molecule has 0 aromatic heterocycles. The highest BCUT2D eigenvalue weighted by Crippen LogP contribution is 2.53. The van der Waals surface area contributed by atoms with Crippen molar-refractivity contribution in [2.45, 2.75) is 30.8 Å². The predicted octanol–water partition coefficient (Wildman–Crippen LogP) is 3.89. The van der Waals surface area contributed by atoms with Crippen molar-refractivity contribution in [3.63, 3.8) is 0 Å². The maximum atomic E-state index is 13.4. The van der Waals surface area contributed by atoms with Crippen LogP contribution in [0.4, 0.5) is 5.69 Å². The van der Waals surface area contributed by atoms with Gasteiger partial charge in [-0.15, -0.1) is 0 Å². The average molecular weight is 371 g/mol. The van der Waals surface area contributed by atoms with Gasteiger partial charge in [-0.25, -0.2) is 8.42 Å². The van der Waals surface area contributed by atoms with Gasteiger partial charge in [0.2, 0.25) is 0 Å². The minimum Gasteiger partial charge on any atom is -0.508 e. The fourth-order valence-electron chi connectivity index (χ4n) is 3.50. The molecule has 6 heteroatoms. The van der Waals surface area contributed by atoms with Crippen molar-refractivity contribution in [1.82, 2.24) is 0 Å². The molecule has 0 bridgehead atoms. The number of aliphatic hydroxyl groups excluding tert-OH is 1. The van der Waals surface area contributed by atoms with Gasteiger partial charge in [0.05, 0.1) is 17.1 Å². The third kappa shape index (κ3) is 2.56. The minimum absolute atomic E-state index is 0.110. The Morgan fingerprint density at radius 3 is 2.65 bits per heavy atom. The molecule has 0 radical (unpaired) electrons. The molecule has 1 aliphatic heterocycles. The van der Waals surface area contributed by atoms with Gasteiger partial charge in [-0.05, 0) is 49.2 Å². The van der Waals surface area contributed by atoms with E-state index in [1.807, 2.05) is 13.0 Å². The third-order valence-corrected chi connectivity index (χ3v) is 7.01. The molecule has 1 saturated carbocycles. The third-order valence-electron chi connectivity index (χ3n) is 5.25. The van der Waals surface area contributed by atoms with Crippen molar-refractivity contribution >= 4 is 21.5 Å². The molecule has 1 spiro atoms. The summed E-state index contributed by atoms with van der Waals surface area (Å²) in [5, 5.41) is 9.72. The van der Waals surface area contributed by atoms with Crippen LogP contribution in [0.25, 0.3) is 5.76 Å². The number of aliphatic hydroxyl groups is 1. The Bertz CT molecular complexity index is 1010. The van der Waals surface area contributed by atoms with Crippen LogP contribution in [0.5, 0.6) is 5.75 Å². The van der Waals surface area contributed by atoms with Crippen LogP contribution in [0.1, 0.15) is 24.5 Å². The van der Waals surface area contributed by atoms with Crippen molar-refractivity contribution < 1.29 is 18.3 Å². The van der Waals surface area contributed by atoms with Crippen LogP contribution < -0.4 is 9.04 Å². The van der Waals surface area contributed by atoms with Crippen LogP contribution in [0.2, 0.25) is 0 Å². The second-order valence-corrected chi connectivity index (χ2v) is 9.09. The second-order valence-electron chi connectivity index (χ2n) is 7.23. The summed E-state index contributed by atoms with van der Waals surface area (Å²) in [7, 11) is -3.75. The number of nitrogens with zero attached hydrogens (tertiary/aromatic N) is 1. The molecule has 2 atom stereocenters. The zero-order valence-corrected chi connectivity index (χ0v) is 15.6. The van der Waals surface area contributed by atoms with Crippen LogP contribution >= 0.6 is 0 Å². The number of rotatable bonds is 3. The Morgan fingerprint density at radius 2 is 2.04 bits per heavy atom. The van der Waals surface area contributed by atoms with E-state index in [4.69, 9.17) is 4.74 Å². The number of fused-ring (bicyclic) bond motifs is 1. The van der Waals surface area contributed by atoms with Crippen LogP contribution in [0.3, 0.4) is 0 Å². The monoisotopic (exact) mass is 371 g/mol. The highest BCUT2D eigenvalue weighted by molar-refractivity contribution is 7.92. The van der Waals surface area contributed by atoms with Crippen molar-refractivity contribution in [1.29, 1.82) is 0 Å². The van der Waals surface area contributed by atoms with Gasteiger partial charge in [-0.1, -0.05) is 25.6 Å². The summed E-state index contributed by atoms with van der Waals surface area (Å²) in [4.78, 5) is 0.252. The Hall–Kier alpha value is -2.47. The first-order valence-corrected chi connectivity index (χ1v) is 9.98. The molecule has 1 aliphatic carbocycles. The van der Waals surface area contributed by atoms with E-state index in [1.54, 1.807) is 36.4 Å². The summed E-state index contributed by atoms with van der Waals surface area (Å²) in [5.74, 6) is 0.695. The SMILES string of the molecule is C=C(O)c1ccc2c(c1)N(S(=O)(=O)c1cccc(C)c1)CC1(CC1C)O2. The summed E-state index contributed by atoms with van der Waals surface area (Å²) >= 11 is 0. The standard InChI is InChI=1S/C20H21NO4S/c1-13-5-4-6-17(9-13)26(23,24)21-12-20(11-14(20)2)25-19-8-7-16(15(3)22)10-18(19)21/h4-10,14,22H,3,11-12H2,1-2H3. The van der Waals surface area contributed by atoms with Gasteiger partial charge in [-0.2, -0.15) is 0 Å². The molecule has 1 N–H and O–H groups in total. The number of ether oxygens (including phenoxy) is 1. The van der Waals surface area contributed by atoms with Crippen molar-refractivity contribution in [2.24, 2.45) is 5.92 Å². The van der Waals surface area contributed by atoms with E-state index in [0.717, 1.165) is 12.0 Å². The molecule has 2 aliphatic rings. The number of sulfonamides is 1. The van der Waals surface area contributed by atoms with Gasteiger partial charge in [0, 0.05) is 11.5 Å². The zero-order chi connectivity index (χ0) is 18.7. The van der Waals surface area contributed by atoms with Gasteiger partial charge >= 0.3 is 0 Å². The first-order chi connectivity index (χ1) is 12.2. The Labute approximate surface area is 153 Å². The summed E-state index contributed by atoms with van der Waals surface area (Å²) in [6, 6.07) is 11.9. The summed E-state index contributed by atoms with van der Waals surface area (Å²) < 4.78 is 34.3. The molecule has 2 unspecified atom stereocenters. The molecule has 4 rings (SSSR count). The number of aryl methyl sites for hydroxylation is 1. The topological polar surface area (TPSA) is 66.8 Å². The van der Waals surface area contributed by atoms with E-state index in [0.29, 0.717) is 22.9 Å². The first-order valence-electron chi connectivity index (χ1n) is 8.54. The molecular formula is C20H21NO4S. The van der Waals surface area contributed by atoms with E-state index in [2.05, 4.69) is 13.5 Å². The number of anilines is 1. The fraction of sp³-hybridized carbons (Fsp3) is 0.300. The summed E-state index contributed by atoms with van der Waals surface area (Å²) in [5.41, 5.74) is 1.31. The maximum Gasteiger partial charge on any atom is 0.264 e. The molecule has 1 fully saturated rings. The molecule has 2 aromatic carbocycles. The lowest BCUT2D eigenvalue weighted by Gasteiger charge is -2.36. The van der Waals surface area contributed by atoms with E-state index in [1.165, 1.54) is 4.31 Å².